The highest BCUT2D eigenvalue weighted by molar-refractivity contribution is 7.10. The largest absolute Gasteiger partial charge is 0.363 e. The molecule has 0 N–H and O–H groups in total. The van der Waals surface area contributed by atoms with Gasteiger partial charge in [0.2, 0.25) is 5.91 Å². The van der Waals surface area contributed by atoms with Crippen molar-refractivity contribution in [3.05, 3.63) is 52.5 Å². The van der Waals surface area contributed by atoms with Gasteiger partial charge in [0.15, 0.2) is 0 Å². The quantitative estimate of drug-likeness (QED) is 0.800. The molecule has 2 aliphatic rings. The number of fused-ring (bicyclic) bond motifs is 1. The molecule has 1 aromatic carbocycles. The molecule has 2 atom stereocenters. The van der Waals surface area contributed by atoms with Crippen molar-refractivity contribution in [2.24, 2.45) is 5.92 Å². The molecule has 0 unspecified atom stereocenters. The summed E-state index contributed by atoms with van der Waals surface area (Å²) in [4.78, 5) is 18.3. The Labute approximate surface area is 158 Å². The van der Waals surface area contributed by atoms with Crippen LogP contribution in [0, 0.1) is 11.7 Å². The molecule has 5 heteroatoms. The van der Waals surface area contributed by atoms with Crippen LogP contribution in [-0.2, 0) is 11.2 Å². The number of nitrogens with zero attached hydrogens (tertiary/aromatic N) is 2. The Bertz CT molecular complexity index is 772. The van der Waals surface area contributed by atoms with Crippen molar-refractivity contribution in [1.82, 2.24) is 4.90 Å². The average molecular weight is 373 g/mol. The van der Waals surface area contributed by atoms with Gasteiger partial charge in [0.25, 0.3) is 0 Å². The van der Waals surface area contributed by atoms with E-state index in [-0.39, 0.29) is 17.3 Å². The van der Waals surface area contributed by atoms with Crippen LogP contribution in [0.5, 0.6) is 0 Å². The van der Waals surface area contributed by atoms with Crippen molar-refractivity contribution in [1.29, 1.82) is 0 Å². The summed E-state index contributed by atoms with van der Waals surface area (Å²) in [5.41, 5.74) is 1.10. The van der Waals surface area contributed by atoms with Gasteiger partial charge >= 0.3 is 0 Å². The lowest BCUT2D eigenvalue weighted by atomic mass is 9.89. The van der Waals surface area contributed by atoms with Gasteiger partial charge in [-0.1, -0.05) is 6.07 Å². The predicted octanol–water partition coefficient (Wildman–Crippen LogP) is 4.34. The first kappa shape index (κ1) is 17.5. The van der Waals surface area contributed by atoms with Crippen LogP contribution >= 0.6 is 11.3 Å². The van der Waals surface area contributed by atoms with Gasteiger partial charge in [-0.3, -0.25) is 4.79 Å². The maximum atomic E-state index is 13.3. The number of carbonyl (C=O) groups is 1. The first-order chi connectivity index (χ1) is 12.4. The van der Waals surface area contributed by atoms with Gasteiger partial charge in [-0.05, 0) is 68.3 Å². The van der Waals surface area contributed by atoms with E-state index in [1.165, 1.54) is 0 Å². The molecule has 3 nitrogen and oxygen atoms in total. The third kappa shape index (κ3) is 3.25. The molecule has 26 heavy (non-hydrogen) atoms. The minimum Gasteiger partial charge on any atom is -0.363 e. The molecule has 0 radical (unpaired) electrons. The Kier molecular flexibility index (Phi) is 4.51. The summed E-state index contributed by atoms with van der Waals surface area (Å²) in [6.07, 6.45) is 2.54. The van der Waals surface area contributed by atoms with E-state index in [0.29, 0.717) is 18.4 Å². The van der Waals surface area contributed by atoms with E-state index in [0.717, 1.165) is 36.5 Å². The van der Waals surface area contributed by atoms with Crippen LogP contribution in [-0.4, -0.2) is 35.5 Å². The maximum Gasteiger partial charge on any atom is 0.227 e. The summed E-state index contributed by atoms with van der Waals surface area (Å²) in [7, 11) is 0. The fourth-order valence-corrected chi connectivity index (χ4v) is 5.49. The van der Waals surface area contributed by atoms with Gasteiger partial charge in [0.05, 0.1) is 6.42 Å². The molecule has 138 valence electrons. The van der Waals surface area contributed by atoms with Crippen molar-refractivity contribution < 1.29 is 9.18 Å². The summed E-state index contributed by atoms with van der Waals surface area (Å²) in [5.74, 6) is 0.510. The SMILES string of the molecule is CC1(C)C[C@@H]2CN(C(=O)Cc3cccs3)CC[C@@H]2N1c1ccc(F)cc1. The third-order valence-electron chi connectivity index (χ3n) is 5.80. The minimum absolute atomic E-state index is 0.0139. The van der Waals surface area contributed by atoms with Crippen molar-refractivity contribution in [2.45, 2.75) is 44.7 Å². The van der Waals surface area contributed by atoms with Crippen molar-refractivity contribution in [3.8, 4) is 0 Å². The molecule has 0 aliphatic carbocycles. The first-order valence-electron chi connectivity index (χ1n) is 9.29. The van der Waals surface area contributed by atoms with Crippen LogP contribution in [0.4, 0.5) is 10.1 Å². The lowest BCUT2D eigenvalue weighted by Crippen LogP contribution is -2.50. The second kappa shape index (κ2) is 6.69. The molecule has 1 amide bonds. The van der Waals surface area contributed by atoms with Crippen LogP contribution in [0.15, 0.2) is 41.8 Å². The number of benzene rings is 1. The van der Waals surface area contributed by atoms with E-state index < -0.39 is 0 Å². The molecule has 2 aromatic rings. The molecule has 4 rings (SSSR count). The number of thiophene rings is 1. The number of halogens is 1. The van der Waals surface area contributed by atoms with Gasteiger partial charge in [0, 0.05) is 35.2 Å². The van der Waals surface area contributed by atoms with Gasteiger partial charge in [-0.15, -0.1) is 11.3 Å². The molecular formula is C21H25FN2OS. The van der Waals surface area contributed by atoms with Crippen LogP contribution < -0.4 is 4.90 Å². The van der Waals surface area contributed by atoms with E-state index in [9.17, 15) is 9.18 Å². The molecule has 1 aromatic heterocycles. The highest BCUT2D eigenvalue weighted by Crippen LogP contribution is 2.44. The number of rotatable bonds is 3. The maximum absolute atomic E-state index is 13.3. The zero-order chi connectivity index (χ0) is 18.3. The second-order valence-corrected chi connectivity index (χ2v) is 9.11. The number of anilines is 1. The number of hydrogen-bond acceptors (Lipinski definition) is 3. The van der Waals surface area contributed by atoms with E-state index in [1.54, 1.807) is 23.5 Å². The predicted molar refractivity (Wildman–Crippen MR) is 104 cm³/mol. The number of piperidine rings is 1. The molecule has 0 spiro atoms. The third-order valence-corrected chi connectivity index (χ3v) is 6.68. The minimum atomic E-state index is -0.198. The summed E-state index contributed by atoms with van der Waals surface area (Å²) in [6, 6.07) is 11.3. The molecule has 2 saturated heterocycles. The fraction of sp³-hybridized carbons (Fsp3) is 0.476. The van der Waals surface area contributed by atoms with Crippen LogP contribution in [0.1, 0.15) is 31.6 Å². The van der Waals surface area contributed by atoms with Gasteiger partial charge in [-0.2, -0.15) is 0 Å². The molecule has 0 bridgehead atoms. The Morgan fingerprint density at radius 3 is 2.73 bits per heavy atom. The number of carbonyl (C=O) groups excluding carboxylic acids is 1. The number of amides is 1. The van der Waals surface area contributed by atoms with Crippen LogP contribution in [0.2, 0.25) is 0 Å². The first-order valence-corrected chi connectivity index (χ1v) is 10.2. The van der Waals surface area contributed by atoms with Gasteiger partial charge in [-0.25, -0.2) is 4.39 Å². The standard InChI is InChI=1S/C21H25FN2OS/c1-21(2)13-15-14-23(20(25)12-18-4-3-11-26-18)10-9-19(15)24(21)17-7-5-16(22)6-8-17/h3-8,11,15,19H,9-10,12-14H2,1-2H3/t15-,19+/m1/s1. The van der Waals surface area contributed by atoms with E-state index in [2.05, 4.69) is 18.7 Å². The fourth-order valence-electron chi connectivity index (χ4n) is 4.79. The lowest BCUT2D eigenvalue weighted by Gasteiger charge is -2.42. The van der Waals surface area contributed by atoms with Crippen molar-refractivity contribution >= 4 is 22.9 Å². The Morgan fingerprint density at radius 1 is 1.27 bits per heavy atom. The molecular weight excluding hydrogens is 347 g/mol. The van der Waals surface area contributed by atoms with E-state index >= 15 is 0 Å². The summed E-state index contributed by atoms with van der Waals surface area (Å²) in [5, 5.41) is 2.02. The Hall–Kier alpha value is -1.88. The zero-order valence-electron chi connectivity index (χ0n) is 15.3. The van der Waals surface area contributed by atoms with Gasteiger partial charge in [0.1, 0.15) is 5.82 Å². The smallest absolute Gasteiger partial charge is 0.227 e. The molecule has 0 saturated carbocycles. The monoisotopic (exact) mass is 372 g/mol. The Balaban J connectivity index is 1.49. The summed E-state index contributed by atoms with van der Waals surface area (Å²) < 4.78 is 13.3. The lowest BCUT2D eigenvalue weighted by molar-refractivity contribution is -0.132. The van der Waals surface area contributed by atoms with Gasteiger partial charge < -0.3 is 9.80 Å². The second-order valence-electron chi connectivity index (χ2n) is 8.07. The summed E-state index contributed by atoms with van der Waals surface area (Å²) >= 11 is 1.65. The topological polar surface area (TPSA) is 23.6 Å². The normalized spacial score (nSPS) is 24.6. The van der Waals surface area contributed by atoms with Crippen molar-refractivity contribution in [2.75, 3.05) is 18.0 Å². The Morgan fingerprint density at radius 2 is 2.04 bits per heavy atom. The van der Waals surface area contributed by atoms with Crippen LogP contribution in [0.3, 0.4) is 0 Å². The van der Waals surface area contributed by atoms with Crippen molar-refractivity contribution in [3.63, 3.8) is 0 Å². The molecule has 2 aliphatic heterocycles. The number of likely N-dealkylation sites (tertiary alicyclic amines) is 1. The highest BCUT2D eigenvalue weighted by atomic mass is 32.1. The number of hydrogen-bond donors (Lipinski definition) is 0. The van der Waals surface area contributed by atoms with E-state index in [1.807, 2.05) is 34.5 Å². The van der Waals surface area contributed by atoms with Crippen LogP contribution in [0.25, 0.3) is 0 Å². The van der Waals surface area contributed by atoms with E-state index in [4.69, 9.17) is 0 Å². The average Bonchev–Trinajstić information content (AvgIpc) is 3.19. The molecule has 2 fully saturated rings. The molecule has 3 heterocycles. The summed E-state index contributed by atoms with van der Waals surface area (Å²) in [6.45, 7) is 6.15. The zero-order valence-corrected chi connectivity index (χ0v) is 16.1. The highest BCUT2D eigenvalue weighted by Gasteiger charge is 2.48.